The summed E-state index contributed by atoms with van der Waals surface area (Å²) >= 11 is 0. The summed E-state index contributed by atoms with van der Waals surface area (Å²) in [6, 6.07) is 5.91. The molecule has 7 nitrogen and oxygen atoms in total. The Hall–Kier alpha value is -3.43. The smallest absolute Gasteiger partial charge is 0.368 e. The number of aromatic nitrogens is 4. The van der Waals surface area contributed by atoms with Crippen molar-refractivity contribution in [1.82, 2.24) is 24.6 Å². The van der Waals surface area contributed by atoms with Gasteiger partial charge in [-0.3, -0.25) is 9.48 Å². The molecule has 0 radical (unpaired) electrons. The van der Waals surface area contributed by atoms with E-state index in [1.165, 1.54) is 6.07 Å². The van der Waals surface area contributed by atoms with Gasteiger partial charge >= 0.3 is 6.18 Å². The van der Waals surface area contributed by atoms with Crippen molar-refractivity contribution < 1.29 is 18.0 Å². The fourth-order valence-electron chi connectivity index (χ4n) is 4.34. The number of carbonyl (C=O) groups is 1. The molecule has 1 saturated heterocycles. The van der Waals surface area contributed by atoms with E-state index in [1.54, 1.807) is 10.9 Å². The lowest BCUT2D eigenvalue weighted by Gasteiger charge is -2.40. The van der Waals surface area contributed by atoms with E-state index in [-0.39, 0.29) is 17.9 Å². The number of halogens is 3. The molecule has 1 fully saturated rings. The SMILES string of the molecule is Cc1ccc(-c2cnn(C)c2)c(C(=O)N2CCC[C@@H](C)C2CNc2ccc(C(F)(F)F)cn2)n1. The third-order valence-corrected chi connectivity index (χ3v) is 6.21. The van der Waals surface area contributed by atoms with E-state index in [4.69, 9.17) is 0 Å². The maximum Gasteiger partial charge on any atom is 0.417 e. The van der Waals surface area contributed by atoms with Crippen LogP contribution in [0.3, 0.4) is 0 Å². The summed E-state index contributed by atoms with van der Waals surface area (Å²) in [5.74, 6) is 0.371. The molecule has 1 aliphatic heterocycles. The summed E-state index contributed by atoms with van der Waals surface area (Å²) in [4.78, 5) is 24.0. The van der Waals surface area contributed by atoms with E-state index in [2.05, 4.69) is 27.3 Å². The van der Waals surface area contributed by atoms with E-state index in [1.807, 2.05) is 37.2 Å². The first-order valence-electron chi connectivity index (χ1n) is 11.2. The molecule has 180 valence electrons. The molecule has 3 aromatic rings. The summed E-state index contributed by atoms with van der Waals surface area (Å²) in [5.41, 5.74) is 1.85. The number of hydrogen-bond acceptors (Lipinski definition) is 5. The molecule has 1 unspecified atom stereocenters. The van der Waals surface area contributed by atoms with Crippen LogP contribution in [0, 0.1) is 12.8 Å². The van der Waals surface area contributed by atoms with Crippen molar-refractivity contribution in [2.45, 2.75) is 38.9 Å². The quantitative estimate of drug-likeness (QED) is 0.589. The van der Waals surface area contributed by atoms with Gasteiger partial charge in [-0.05, 0) is 43.9 Å². The fraction of sp³-hybridized carbons (Fsp3) is 0.417. The van der Waals surface area contributed by atoms with Gasteiger partial charge in [0, 0.05) is 49.4 Å². The Balaban J connectivity index is 1.57. The predicted molar refractivity (Wildman–Crippen MR) is 122 cm³/mol. The average Bonchev–Trinajstić information content (AvgIpc) is 3.23. The molecule has 2 atom stereocenters. The van der Waals surface area contributed by atoms with E-state index in [0.29, 0.717) is 24.6 Å². The van der Waals surface area contributed by atoms with Crippen molar-refractivity contribution in [3.63, 3.8) is 0 Å². The van der Waals surface area contributed by atoms with Gasteiger partial charge in [0.15, 0.2) is 0 Å². The zero-order chi connectivity index (χ0) is 24.5. The number of alkyl halides is 3. The lowest BCUT2D eigenvalue weighted by molar-refractivity contribution is -0.137. The third-order valence-electron chi connectivity index (χ3n) is 6.21. The lowest BCUT2D eigenvalue weighted by atomic mass is 9.90. The highest BCUT2D eigenvalue weighted by Gasteiger charge is 2.34. The summed E-state index contributed by atoms with van der Waals surface area (Å²) in [6.07, 6.45) is 1.75. The molecule has 34 heavy (non-hydrogen) atoms. The molecule has 1 N–H and O–H groups in total. The molecular formula is C24H27F3N6O. The highest BCUT2D eigenvalue weighted by molar-refractivity contribution is 5.99. The van der Waals surface area contributed by atoms with Crippen LogP contribution in [-0.2, 0) is 13.2 Å². The molecule has 3 aromatic heterocycles. The minimum absolute atomic E-state index is 0.158. The van der Waals surface area contributed by atoms with Crippen LogP contribution in [0.4, 0.5) is 19.0 Å². The number of amides is 1. The number of nitrogens with zero attached hydrogens (tertiary/aromatic N) is 5. The van der Waals surface area contributed by atoms with Crippen molar-refractivity contribution in [3.05, 3.63) is 59.8 Å². The Labute approximate surface area is 196 Å². The van der Waals surface area contributed by atoms with Crippen LogP contribution >= 0.6 is 0 Å². The zero-order valence-corrected chi connectivity index (χ0v) is 19.3. The van der Waals surface area contributed by atoms with Crippen LogP contribution in [-0.4, -0.2) is 49.7 Å². The molecule has 1 aliphatic rings. The van der Waals surface area contributed by atoms with Crippen LogP contribution in [0.2, 0.25) is 0 Å². The van der Waals surface area contributed by atoms with Gasteiger partial charge in [-0.25, -0.2) is 9.97 Å². The first-order valence-corrected chi connectivity index (χ1v) is 11.2. The second-order valence-corrected chi connectivity index (χ2v) is 8.75. The molecule has 0 saturated carbocycles. The van der Waals surface area contributed by atoms with Gasteiger partial charge < -0.3 is 10.2 Å². The van der Waals surface area contributed by atoms with Crippen molar-refractivity contribution >= 4 is 11.7 Å². The normalized spacial score (nSPS) is 18.7. The van der Waals surface area contributed by atoms with Crippen molar-refractivity contribution in [1.29, 1.82) is 0 Å². The van der Waals surface area contributed by atoms with Gasteiger partial charge in [0.25, 0.3) is 5.91 Å². The monoisotopic (exact) mass is 472 g/mol. The topological polar surface area (TPSA) is 75.9 Å². The van der Waals surface area contributed by atoms with Gasteiger partial charge in [0.05, 0.1) is 17.8 Å². The van der Waals surface area contributed by atoms with Gasteiger partial charge in [-0.2, -0.15) is 18.3 Å². The molecule has 10 heteroatoms. The van der Waals surface area contributed by atoms with Gasteiger partial charge in [-0.15, -0.1) is 0 Å². The van der Waals surface area contributed by atoms with E-state index < -0.39 is 11.7 Å². The largest absolute Gasteiger partial charge is 0.417 e. The third kappa shape index (κ3) is 5.05. The highest BCUT2D eigenvalue weighted by Crippen LogP contribution is 2.30. The number of anilines is 1. The highest BCUT2D eigenvalue weighted by atomic mass is 19.4. The van der Waals surface area contributed by atoms with Crippen LogP contribution in [0.5, 0.6) is 0 Å². The Bertz CT molecular complexity index is 1160. The standard InChI is InChI=1S/C24H27F3N6O/c1-15-5-4-10-33(20(15)13-29-21-9-7-18(12-28-21)24(25,26)27)23(34)22-19(8-6-16(2)31-22)17-11-30-32(3)14-17/h6-9,11-12,14-15,20H,4-5,10,13H2,1-3H3,(H,28,29)/t15-,20?/m1/s1. The number of hydrogen-bond donors (Lipinski definition) is 1. The second-order valence-electron chi connectivity index (χ2n) is 8.75. The van der Waals surface area contributed by atoms with E-state index >= 15 is 0 Å². The Morgan fingerprint density at radius 3 is 2.65 bits per heavy atom. The number of piperidine rings is 1. The molecule has 0 aliphatic carbocycles. The Morgan fingerprint density at radius 2 is 2.00 bits per heavy atom. The number of pyridine rings is 2. The maximum absolute atomic E-state index is 13.7. The number of carbonyl (C=O) groups excluding carboxylic acids is 1. The maximum atomic E-state index is 13.7. The molecule has 0 bridgehead atoms. The zero-order valence-electron chi connectivity index (χ0n) is 19.3. The number of likely N-dealkylation sites (tertiary alicyclic amines) is 1. The van der Waals surface area contributed by atoms with Crippen molar-refractivity contribution in [3.8, 4) is 11.1 Å². The predicted octanol–water partition coefficient (Wildman–Crippen LogP) is 4.56. The summed E-state index contributed by atoms with van der Waals surface area (Å²) < 4.78 is 40.1. The Kier molecular flexibility index (Phi) is 6.58. The lowest BCUT2D eigenvalue weighted by Crippen LogP contribution is -2.51. The van der Waals surface area contributed by atoms with Crippen LogP contribution in [0.1, 0.15) is 41.5 Å². The van der Waals surface area contributed by atoms with E-state index in [0.717, 1.165) is 41.9 Å². The van der Waals surface area contributed by atoms with Crippen molar-refractivity contribution in [2.24, 2.45) is 13.0 Å². The number of nitrogens with one attached hydrogen (secondary N) is 1. The summed E-state index contributed by atoms with van der Waals surface area (Å²) in [6.45, 7) is 4.88. The summed E-state index contributed by atoms with van der Waals surface area (Å²) in [7, 11) is 1.82. The first kappa shape index (κ1) is 23.7. The molecule has 4 heterocycles. The van der Waals surface area contributed by atoms with Crippen LogP contribution in [0.15, 0.2) is 42.9 Å². The van der Waals surface area contributed by atoms with Crippen LogP contribution in [0.25, 0.3) is 11.1 Å². The summed E-state index contributed by atoms with van der Waals surface area (Å²) in [5, 5.41) is 7.33. The van der Waals surface area contributed by atoms with Crippen LogP contribution < -0.4 is 5.32 Å². The van der Waals surface area contributed by atoms with Gasteiger partial charge in [0.2, 0.25) is 0 Å². The molecule has 0 aromatic carbocycles. The second kappa shape index (κ2) is 9.44. The molecular weight excluding hydrogens is 445 g/mol. The number of rotatable bonds is 5. The van der Waals surface area contributed by atoms with E-state index in [9.17, 15) is 18.0 Å². The van der Waals surface area contributed by atoms with Crippen molar-refractivity contribution in [2.75, 3.05) is 18.4 Å². The molecule has 4 rings (SSSR count). The fourth-order valence-corrected chi connectivity index (χ4v) is 4.34. The van der Waals surface area contributed by atoms with Gasteiger partial charge in [0.1, 0.15) is 11.5 Å². The van der Waals surface area contributed by atoms with Gasteiger partial charge in [-0.1, -0.05) is 13.0 Å². The average molecular weight is 473 g/mol. The number of aryl methyl sites for hydroxylation is 2. The Morgan fingerprint density at radius 1 is 1.21 bits per heavy atom. The first-order chi connectivity index (χ1) is 16.1. The molecule has 1 amide bonds. The molecule has 0 spiro atoms. The minimum atomic E-state index is -4.43. The minimum Gasteiger partial charge on any atom is -0.368 e.